The van der Waals surface area contributed by atoms with Crippen molar-refractivity contribution < 1.29 is 13.5 Å². The van der Waals surface area contributed by atoms with Crippen LogP contribution in [-0.2, 0) is 0 Å². The molecule has 0 aliphatic heterocycles. The van der Waals surface area contributed by atoms with E-state index < -0.39 is 6.61 Å². The third-order valence-corrected chi connectivity index (χ3v) is 4.08. The van der Waals surface area contributed by atoms with Gasteiger partial charge in [0.25, 0.3) is 0 Å². The van der Waals surface area contributed by atoms with E-state index in [1.165, 1.54) is 12.1 Å². The molecule has 7 heteroatoms. The second kappa shape index (κ2) is 7.63. The van der Waals surface area contributed by atoms with E-state index in [9.17, 15) is 8.78 Å². The highest BCUT2D eigenvalue weighted by Crippen LogP contribution is 2.40. The first-order valence-corrected chi connectivity index (χ1v) is 8.51. The fraction of sp³-hybridized carbons (Fsp3) is 0.444. The van der Waals surface area contributed by atoms with Gasteiger partial charge >= 0.3 is 6.61 Å². The van der Waals surface area contributed by atoms with Gasteiger partial charge in [0.05, 0.1) is 5.69 Å². The van der Waals surface area contributed by atoms with E-state index in [2.05, 4.69) is 39.2 Å². The molecule has 1 aromatic heterocycles. The molecule has 1 aliphatic carbocycles. The van der Waals surface area contributed by atoms with Gasteiger partial charge in [-0.05, 0) is 50.5 Å². The Morgan fingerprint density at radius 3 is 2.52 bits per heavy atom. The lowest BCUT2D eigenvalue weighted by molar-refractivity contribution is -0.0498. The van der Waals surface area contributed by atoms with Crippen molar-refractivity contribution in [1.29, 1.82) is 0 Å². The summed E-state index contributed by atoms with van der Waals surface area (Å²) in [4.78, 5) is 9.12. The van der Waals surface area contributed by atoms with Crippen molar-refractivity contribution in [2.24, 2.45) is 0 Å². The lowest BCUT2D eigenvalue weighted by Gasteiger charge is -2.14. The highest BCUT2D eigenvalue weighted by molar-refractivity contribution is 5.59. The van der Waals surface area contributed by atoms with Crippen LogP contribution in [0.3, 0.4) is 0 Å². The molecule has 2 N–H and O–H groups in total. The molecule has 0 spiro atoms. The molecule has 0 radical (unpaired) electrons. The summed E-state index contributed by atoms with van der Waals surface area (Å²) >= 11 is 0. The zero-order valence-electron chi connectivity index (χ0n) is 14.3. The van der Waals surface area contributed by atoms with Gasteiger partial charge in [0, 0.05) is 23.7 Å². The summed E-state index contributed by atoms with van der Waals surface area (Å²) in [6.07, 6.45) is 3.28. The third-order valence-electron chi connectivity index (χ3n) is 4.08. The Balaban J connectivity index is 1.76. The van der Waals surface area contributed by atoms with Crippen LogP contribution in [0.25, 0.3) is 0 Å². The van der Waals surface area contributed by atoms with Gasteiger partial charge in [-0.1, -0.05) is 6.92 Å². The van der Waals surface area contributed by atoms with Gasteiger partial charge in [-0.25, -0.2) is 4.98 Å². The number of halogens is 2. The van der Waals surface area contributed by atoms with E-state index in [4.69, 9.17) is 0 Å². The van der Waals surface area contributed by atoms with E-state index in [0.29, 0.717) is 17.7 Å². The minimum Gasteiger partial charge on any atom is -0.435 e. The molecule has 0 saturated heterocycles. The highest BCUT2D eigenvalue weighted by Gasteiger charge is 2.26. The van der Waals surface area contributed by atoms with Crippen LogP contribution in [0, 0.1) is 0 Å². The van der Waals surface area contributed by atoms with Crippen LogP contribution < -0.4 is 15.4 Å². The molecule has 0 unspecified atom stereocenters. The van der Waals surface area contributed by atoms with Crippen molar-refractivity contribution in [3.8, 4) is 5.75 Å². The van der Waals surface area contributed by atoms with Gasteiger partial charge in [-0.3, -0.25) is 0 Å². The van der Waals surface area contributed by atoms with Crippen LogP contribution >= 0.6 is 0 Å². The number of ether oxygens (including phenoxy) is 1. The maximum atomic E-state index is 12.2. The molecule has 1 atom stereocenters. The topological polar surface area (TPSA) is 59.1 Å². The standard InChI is InChI=1S/C18H22F2N4O/c1-3-11(2)21-18-23-15(12-4-5-12)10-16(24-18)22-13-6-8-14(9-7-13)25-17(19)20/h6-12,17H,3-5H2,1-2H3,(H2,21,22,23,24)/t11-/m0/s1. The van der Waals surface area contributed by atoms with Crippen LogP contribution in [0.4, 0.5) is 26.2 Å². The average Bonchev–Trinajstić information content (AvgIpc) is 3.41. The van der Waals surface area contributed by atoms with E-state index in [1.54, 1.807) is 12.1 Å². The second-order valence-corrected chi connectivity index (χ2v) is 6.26. The van der Waals surface area contributed by atoms with Crippen molar-refractivity contribution in [2.75, 3.05) is 10.6 Å². The van der Waals surface area contributed by atoms with Crippen LogP contribution in [0.1, 0.15) is 44.7 Å². The second-order valence-electron chi connectivity index (χ2n) is 6.26. The monoisotopic (exact) mass is 348 g/mol. The number of hydrogen-bond acceptors (Lipinski definition) is 5. The summed E-state index contributed by atoms with van der Waals surface area (Å²) in [5.41, 5.74) is 1.78. The SMILES string of the molecule is CC[C@H](C)Nc1nc(Nc2ccc(OC(F)F)cc2)cc(C2CC2)n1. The van der Waals surface area contributed by atoms with Crippen LogP contribution in [0.15, 0.2) is 30.3 Å². The smallest absolute Gasteiger partial charge is 0.387 e. The third kappa shape index (κ3) is 5.01. The molecule has 0 amide bonds. The lowest BCUT2D eigenvalue weighted by atomic mass is 10.2. The number of hydrogen-bond donors (Lipinski definition) is 2. The fourth-order valence-corrected chi connectivity index (χ4v) is 2.37. The Morgan fingerprint density at radius 2 is 1.92 bits per heavy atom. The van der Waals surface area contributed by atoms with Crippen molar-refractivity contribution in [1.82, 2.24) is 9.97 Å². The zero-order chi connectivity index (χ0) is 17.8. The molecule has 134 valence electrons. The molecule has 0 bridgehead atoms. The summed E-state index contributed by atoms with van der Waals surface area (Å²) in [6.45, 7) is 1.36. The molecular weight excluding hydrogens is 326 g/mol. The Morgan fingerprint density at radius 1 is 1.20 bits per heavy atom. The maximum absolute atomic E-state index is 12.2. The Labute approximate surface area is 145 Å². The molecule has 25 heavy (non-hydrogen) atoms. The molecule has 1 fully saturated rings. The predicted octanol–water partition coefficient (Wildman–Crippen LogP) is 4.91. The number of alkyl halides is 2. The lowest BCUT2D eigenvalue weighted by Crippen LogP contribution is -2.16. The molecule has 3 rings (SSSR count). The molecular formula is C18H22F2N4O. The zero-order valence-corrected chi connectivity index (χ0v) is 14.3. The molecule has 1 aliphatic rings. The van der Waals surface area contributed by atoms with Crippen LogP contribution in [-0.4, -0.2) is 22.6 Å². The van der Waals surface area contributed by atoms with Crippen LogP contribution in [0.5, 0.6) is 5.75 Å². The molecule has 1 aromatic carbocycles. The average molecular weight is 348 g/mol. The van der Waals surface area contributed by atoms with E-state index in [0.717, 1.165) is 30.6 Å². The maximum Gasteiger partial charge on any atom is 0.387 e. The number of rotatable bonds is 8. The van der Waals surface area contributed by atoms with Crippen molar-refractivity contribution >= 4 is 17.5 Å². The Kier molecular flexibility index (Phi) is 5.31. The summed E-state index contributed by atoms with van der Waals surface area (Å²) in [6, 6.07) is 8.58. The first-order valence-electron chi connectivity index (χ1n) is 8.51. The van der Waals surface area contributed by atoms with Gasteiger partial charge < -0.3 is 15.4 Å². The Bertz CT molecular complexity index is 705. The first-order chi connectivity index (χ1) is 12.0. The number of nitrogens with one attached hydrogen (secondary N) is 2. The number of benzene rings is 1. The van der Waals surface area contributed by atoms with Gasteiger partial charge in [0.15, 0.2) is 0 Å². The minimum absolute atomic E-state index is 0.126. The van der Waals surface area contributed by atoms with Gasteiger partial charge in [0.1, 0.15) is 11.6 Å². The minimum atomic E-state index is -2.82. The number of aromatic nitrogens is 2. The number of nitrogens with zero attached hydrogens (tertiary/aromatic N) is 2. The van der Waals surface area contributed by atoms with E-state index >= 15 is 0 Å². The van der Waals surface area contributed by atoms with Gasteiger partial charge in [0.2, 0.25) is 5.95 Å². The van der Waals surface area contributed by atoms with Crippen molar-refractivity contribution in [3.63, 3.8) is 0 Å². The fourth-order valence-electron chi connectivity index (χ4n) is 2.37. The summed E-state index contributed by atoms with van der Waals surface area (Å²) in [5.74, 6) is 1.92. The normalized spacial score (nSPS) is 15.1. The highest BCUT2D eigenvalue weighted by atomic mass is 19.3. The van der Waals surface area contributed by atoms with Gasteiger partial charge in [-0.2, -0.15) is 13.8 Å². The van der Waals surface area contributed by atoms with E-state index in [-0.39, 0.29) is 11.8 Å². The van der Waals surface area contributed by atoms with E-state index in [1.807, 2.05) is 6.07 Å². The molecule has 2 aromatic rings. The largest absolute Gasteiger partial charge is 0.435 e. The summed E-state index contributed by atoms with van der Waals surface area (Å²) in [5, 5.41) is 6.51. The van der Waals surface area contributed by atoms with Gasteiger partial charge in [-0.15, -0.1) is 0 Å². The van der Waals surface area contributed by atoms with Crippen LogP contribution in [0.2, 0.25) is 0 Å². The first kappa shape index (κ1) is 17.4. The molecule has 5 nitrogen and oxygen atoms in total. The number of anilines is 3. The summed E-state index contributed by atoms with van der Waals surface area (Å²) in [7, 11) is 0. The summed E-state index contributed by atoms with van der Waals surface area (Å²) < 4.78 is 28.8. The Hall–Kier alpha value is -2.44. The predicted molar refractivity (Wildman–Crippen MR) is 93.7 cm³/mol. The molecule has 1 heterocycles. The molecule has 1 saturated carbocycles. The van der Waals surface area contributed by atoms with Crippen molar-refractivity contribution in [2.45, 2.75) is 51.7 Å². The quantitative estimate of drug-likeness (QED) is 0.710. The van der Waals surface area contributed by atoms with Crippen molar-refractivity contribution in [3.05, 3.63) is 36.0 Å².